The van der Waals surface area contributed by atoms with Gasteiger partial charge in [-0.2, -0.15) is 0 Å². The van der Waals surface area contributed by atoms with Crippen molar-refractivity contribution in [2.75, 3.05) is 0 Å². The highest BCUT2D eigenvalue weighted by Gasteiger charge is 2.27. The fourth-order valence-electron chi connectivity index (χ4n) is 3.84. The number of rotatable bonds is 5. The molecule has 3 rings (SSSR count). The van der Waals surface area contributed by atoms with Crippen LogP contribution >= 0.6 is 0 Å². The number of benzene rings is 2. The van der Waals surface area contributed by atoms with Gasteiger partial charge in [0.1, 0.15) is 5.82 Å². The number of allylic oxidation sites excluding steroid dienone is 4. The number of carbonyl (C=O) groups is 1. The van der Waals surface area contributed by atoms with Gasteiger partial charge >= 0.3 is 0 Å². The summed E-state index contributed by atoms with van der Waals surface area (Å²) in [6.45, 7) is 13.1. The first-order valence-corrected chi connectivity index (χ1v) is 11.0. The molecule has 0 bridgehead atoms. The predicted octanol–water partition coefficient (Wildman–Crippen LogP) is 7.95. The Labute approximate surface area is 189 Å². The molecule has 0 aromatic heterocycles. The number of aryl methyl sites for hydroxylation is 2. The standard InChI is InChI=1S/C20H28.C7H7F.CH2O2.H2/c1-6-15(4)19-12-16(5)20(18(19)7-2)13-17-10-8-14(3)9-11-17;1-6-2-4-7(8)5-3-6;2-1-3;/h8-12,15,18H,6-7,13H2,1-5H3;2-5H,1H3;1H,(H,2,3);1H/t15-,18?;;;/m0.../s1. The molecule has 0 spiro atoms. The third-order valence-corrected chi connectivity index (χ3v) is 5.83. The molecule has 0 fully saturated rings. The average molecular weight is 427 g/mol. The van der Waals surface area contributed by atoms with Crippen LogP contribution in [0.1, 0.15) is 58.7 Å². The van der Waals surface area contributed by atoms with Crippen LogP contribution in [0.4, 0.5) is 4.39 Å². The molecule has 1 aliphatic rings. The summed E-state index contributed by atoms with van der Waals surface area (Å²) in [5.74, 6) is 1.22. The number of carboxylic acid groups (broad SMARTS) is 1. The van der Waals surface area contributed by atoms with Crippen LogP contribution in [0.15, 0.2) is 71.3 Å². The molecule has 1 aliphatic carbocycles. The average Bonchev–Trinajstić information content (AvgIpc) is 3.07. The van der Waals surface area contributed by atoms with Gasteiger partial charge < -0.3 is 5.11 Å². The van der Waals surface area contributed by atoms with Crippen LogP contribution < -0.4 is 0 Å². The molecule has 2 atom stereocenters. The lowest BCUT2D eigenvalue weighted by atomic mass is 9.82. The van der Waals surface area contributed by atoms with Gasteiger partial charge in [-0.15, -0.1) is 0 Å². The zero-order valence-corrected chi connectivity index (χ0v) is 19.8. The van der Waals surface area contributed by atoms with Crippen molar-refractivity contribution in [1.29, 1.82) is 0 Å². The maximum Gasteiger partial charge on any atom is 0.290 e. The first-order valence-electron chi connectivity index (χ1n) is 11.0. The lowest BCUT2D eigenvalue weighted by Gasteiger charge is -2.22. The number of hydrogen-bond donors (Lipinski definition) is 1. The Morgan fingerprint density at radius 1 is 1.00 bits per heavy atom. The molecule has 0 heterocycles. The lowest BCUT2D eigenvalue weighted by Crippen LogP contribution is -2.11. The van der Waals surface area contributed by atoms with Crippen LogP contribution in [-0.2, 0) is 11.2 Å². The van der Waals surface area contributed by atoms with E-state index in [1.54, 1.807) is 23.3 Å². The SMILES string of the molecule is CCC1C([C@@H](C)CC)=CC(C)=C1Cc1ccc(C)cc1.Cc1ccc(F)cc1.O=CO.[HH]. The highest BCUT2D eigenvalue weighted by molar-refractivity contribution is 5.44. The van der Waals surface area contributed by atoms with Crippen LogP contribution in [0.5, 0.6) is 0 Å². The third-order valence-electron chi connectivity index (χ3n) is 5.83. The minimum Gasteiger partial charge on any atom is -0.483 e. The van der Waals surface area contributed by atoms with Crippen LogP contribution in [-0.4, -0.2) is 11.6 Å². The summed E-state index contributed by atoms with van der Waals surface area (Å²) in [5.41, 5.74) is 8.69. The summed E-state index contributed by atoms with van der Waals surface area (Å²) in [4.78, 5) is 8.36. The highest BCUT2D eigenvalue weighted by Crippen LogP contribution is 2.40. The molecule has 2 aromatic rings. The van der Waals surface area contributed by atoms with E-state index in [9.17, 15) is 4.39 Å². The fraction of sp³-hybridized carbons (Fsp3) is 0.393. The molecule has 2 aromatic carbocycles. The molecule has 0 radical (unpaired) electrons. The largest absolute Gasteiger partial charge is 0.483 e. The number of halogens is 1. The van der Waals surface area contributed by atoms with E-state index >= 15 is 0 Å². The molecular weight excluding hydrogens is 387 g/mol. The normalized spacial score (nSPS) is 15.8. The van der Waals surface area contributed by atoms with Crippen molar-refractivity contribution in [1.82, 2.24) is 0 Å². The maximum atomic E-state index is 12.1. The van der Waals surface area contributed by atoms with Crippen molar-refractivity contribution >= 4 is 6.47 Å². The van der Waals surface area contributed by atoms with Crippen molar-refractivity contribution < 1.29 is 15.7 Å². The van der Waals surface area contributed by atoms with Crippen molar-refractivity contribution in [3.05, 3.63) is 93.8 Å². The smallest absolute Gasteiger partial charge is 0.290 e. The van der Waals surface area contributed by atoms with Crippen LogP contribution in [0.25, 0.3) is 0 Å². The second kappa shape index (κ2) is 13.6. The molecule has 0 aliphatic heterocycles. The van der Waals surface area contributed by atoms with Gasteiger partial charge in [0.2, 0.25) is 0 Å². The van der Waals surface area contributed by atoms with Gasteiger partial charge in [-0.3, -0.25) is 4.79 Å². The zero-order chi connectivity index (χ0) is 23.4. The summed E-state index contributed by atoms with van der Waals surface area (Å²) in [5, 5.41) is 6.89. The Kier molecular flexibility index (Phi) is 11.6. The summed E-state index contributed by atoms with van der Waals surface area (Å²) >= 11 is 0. The van der Waals surface area contributed by atoms with Crippen molar-refractivity contribution in [3.63, 3.8) is 0 Å². The first-order chi connectivity index (χ1) is 14.8. The fourth-order valence-corrected chi connectivity index (χ4v) is 3.84. The van der Waals surface area contributed by atoms with Gasteiger partial charge in [-0.1, -0.05) is 91.1 Å². The molecule has 3 heteroatoms. The van der Waals surface area contributed by atoms with Crippen molar-refractivity contribution in [2.45, 2.75) is 60.8 Å². The zero-order valence-electron chi connectivity index (χ0n) is 19.8. The van der Waals surface area contributed by atoms with E-state index in [0.29, 0.717) is 11.8 Å². The van der Waals surface area contributed by atoms with Gasteiger partial charge in [0.15, 0.2) is 0 Å². The summed E-state index contributed by atoms with van der Waals surface area (Å²) < 4.78 is 12.1. The van der Waals surface area contributed by atoms with E-state index in [-0.39, 0.29) is 13.7 Å². The Bertz CT molecular complexity index is 846. The summed E-state index contributed by atoms with van der Waals surface area (Å²) in [6.07, 6.45) is 6.05. The molecule has 2 nitrogen and oxygen atoms in total. The van der Waals surface area contributed by atoms with E-state index in [4.69, 9.17) is 9.90 Å². The highest BCUT2D eigenvalue weighted by atomic mass is 19.1. The molecule has 0 saturated carbocycles. The Hall–Kier alpha value is -2.68. The van der Waals surface area contributed by atoms with Gasteiger partial charge in [0.25, 0.3) is 6.47 Å². The third kappa shape index (κ3) is 8.53. The van der Waals surface area contributed by atoms with Crippen molar-refractivity contribution in [2.24, 2.45) is 11.8 Å². The topological polar surface area (TPSA) is 37.3 Å². The quantitative estimate of drug-likeness (QED) is 0.493. The molecule has 1 N–H and O–H groups in total. The van der Waals surface area contributed by atoms with Crippen molar-refractivity contribution in [3.8, 4) is 0 Å². The second-order valence-electron chi connectivity index (χ2n) is 8.19. The Balaban J connectivity index is 0.000000667. The minimum absolute atomic E-state index is 0. The molecular formula is C28H39FO2. The Morgan fingerprint density at radius 2 is 1.48 bits per heavy atom. The van der Waals surface area contributed by atoms with E-state index < -0.39 is 0 Å². The Morgan fingerprint density at radius 3 is 1.90 bits per heavy atom. The molecule has 170 valence electrons. The van der Waals surface area contributed by atoms with E-state index in [0.717, 1.165) is 12.0 Å². The molecule has 0 saturated heterocycles. The van der Waals surface area contributed by atoms with Crippen LogP contribution in [0, 0.1) is 31.5 Å². The van der Waals surface area contributed by atoms with Gasteiger partial charge in [0, 0.05) is 7.34 Å². The summed E-state index contributed by atoms with van der Waals surface area (Å²) in [7, 11) is 0. The van der Waals surface area contributed by atoms with Crippen LogP contribution in [0.2, 0.25) is 0 Å². The van der Waals surface area contributed by atoms with Crippen LogP contribution in [0.3, 0.4) is 0 Å². The monoisotopic (exact) mass is 426 g/mol. The molecule has 31 heavy (non-hydrogen) atoms. The van der Waals surface area contributed by atoms with E-state index in [1.165, 1.54) is 41.7 Å². The predicted molar refractivity (Wildman–Crippen MR) is 131 cm³/mol. The minimum atomic E-state index is -0.250. The van der Waals surface area contributed by atoms with E-state index in [1.807, 2.05) is 6.92 Å². The number of hydrogen-bond acceptors (Lipinski definition) is 1. The second-order valence-corrected chi connectivity index (χ2v) is 8.19. The molecule has 1 unspecified atom stereocenters. The van der Waals surface area contributed by atoms with Gasteiger partial charge in [-0.25, -0.2) is 4.39 Å². The lowest BCUT2D eigenvalue weighted by molar-refractivity contribution is -0.122. The molecule has 0 amide bonds. The summed E-state index contributed by atoms with van der Waals surface area (Å²) in [6, 6.07) is 15.4. The maximum absolute atomic E-state index is 12.1. The first kappa shape index (κ1) is 26.4. The van der Waals surface area contributed by atoms with E-state index in [2.05, 4.69) is 65.0 Å². The van der Waals surface area contributed by atoms with Gasteiger partial charge in [-0.05, 0) is 63.6 Å². The van der Waals surface area contributed by atoms with Gasteiger partial charge in [0.05, 0.1) is 0 Å².